The highest BCUT2D eigenvalue weighted by atomic mass is 16.5. The zero-order valence-electron chi connectivity index (χ0n) is 18.5. The number of carbonyl (C=O) groups excluding carboxylic acids is 2. The van der Waals surface area contributed by atoms with Crippen molar-refractivity contribution in [3.63, 3.8) is 0 Å². The van der Waals surface area contributed by atoms with Gasteiger partial charge in [0.1, 0.15) is 12.4 Å². The molecule has 4 rings (SSSR count). The average molecular weight is 440 g/mol. The molecule has 0 bridgehead atoms. The van der Waals surface area contributed by atoms with Gasteiger partial charge in [-0.3, -0.25) is 9.78 Å². The standard InChI is InChI=1S/C27H24N2O4/c1-19-25(27(31)32-2)23(26(30)29(19)17-21-11-8-14-28-16-21)15-22-12-6-7-13-24(22)33-18-20-9-4-3-5-10-20/h3-16H,17-18H2,1-2H3. The molecule has 1 amide bonds. The molecule has 0 saturated heterocycles. The number of hydrogen-bond donors (Lipinski definition) is 0. The highest BCUT2D eigenvalue weighted by molar-refractivity contribution is 6.16. The molecule has 0 radical (unpaired) electrons. The summed E-state index contributed by atoms with van der Waals surface area (Å²) in [6.45, 7) is 2.45. The van der Waals surface area contributed by atoms with Gasteiger partial charge in [-0.1, -0.05) is 54.6 Å². The van der Waals surface area contributed by atoms with Crippen molar-refractivity contribution < 1.29 is 19.1 Å². The third-order valence-corrected chi connectivity index (χ3v) is 5.42. The van der Waals surface area contributed by atoms with E-state index in [1.807, 2.05) is 66.7 Å². The van der Waals surface area contributed by atoms with E-state index >= 15 is 0 Å². The SMILES string of the molecule is COC(=O)C1=C(C)N(Cc2cccnc2)C(=O)C1=Cc1ccccc1OCc1ccccc1. The predicted molar refractivity (Wildman–Crippen MR) is 125 cm³/mol. The number of para-hydroxylation sites is 1. The number of pyridine rings is 1. The second-order valence-electron chi connectivity index (χ2n) is 7.57. The molecule has 0 aliphatic carbocycles. The lowest BCUT2D eigenvalue weighted by atomic mass is 10.0. The third kappa shape index (κ3) is 4.85. The lowest BCUT2D eigenvalue weighted by Crippen LogP contribution is -2.24. The van der Waals surface area contributed by atoms with E-state index in [-0.39, 0.29) is 17.1 Å². The Morgan fingerprint density at radius 1 is 1.00 bits per heavy atom. The van der Waals surface area contributed by atoms with E-state index in [0.29, 0.717) is 30.2 Å². The summed E-state index contributed by atoms with van der Waals surface area (Å²) in [5.41, 5.74) is 3.68. The monoisotopic (exact) mass is 440 g/mol. The minimum absolute atomic E-state index is 0.254. The molecular formula is C27H24N2O4. The van der Waals surface area contributed by atoms with Gasteiger partial charge in [-0.15, -0.1) is 0 Å². The highest BCUT2D eigenvalue weighted by Gasteiger charge is 2.37. The maximum atomic E-state index is 13.4. The quantitative estimate of drug-likeness (QED) is 0.399. The second kappa shape index (κ2) is 9.96. The van der Waals surface area contributed by atoms with Gasteiger partial charge in [-0.05, 0) is 36.3 Å². The summed E-state index contributed by atoms with van der Waals surface area (Å²) in [6, 6.07) is 21.0. The Balaban J connectivity index is 1.67. The van der Waals surface area contributed by atoms with Crippen LogP contribution in [-0.4, -0.2) is 28.9 Å². The number of amides is 1. The Morgan fingerprint density at radius 3 is 2.45 bits per heavy atom. The summed E-state index contributed by atoms with van der Waals surface area (Å²) in [4.78, 5) is 31.7. The predicted octanol–water partition coefficient (Wildman–Crippen LogP) is 4.53. The summed E-state index contributed by atoms with van der Waals surface area (Å²) >= 11 is 0. The Kier molecular flexibility index (Phi) is 6.64. The number of benzene rings is 2. The fourth-order valence-electron chi connectivity index (χ4n) is 3.71. The molecule has 3 aromatic rings. The normalized spacial score (nSPS) is 14.7. The van der Waals surface area contributed by atoms with Gasteiger partial charge in [0, 0.05) is 23.7 Å². The number of carbonyl (C=O) groups is 2. The van der Waals surface area contributed by atoms with Crippen LogP contribution in [0.5, 0.6) is 5.75 Å². The van der Waals surface area contributed by atoms with Crippen molar-refractivity contribution in [3.05, 3.63) is 113 Å². The summed E-state index contributed by atoms with van der Waals surface area (Å²) in [5, 5.41) is 0. The summed E-state index contributed by atoms with van der Waals surface area (Å²) < 4.78 is 11.0. The molecule has 1 aliphatic rings. The molecule has 2 aromatic carbocycles. The van der Waals surface area contributed by atoms with Crippen molar-refractivity contribution in [2.75, 3.05) is 7.11 Å². The topological polar surface area (TPSA) is 68.7 Å². The number of aromatic nitrogens is 1. The molecule has 166 valence electrons. The van der Waals surface area contributed by atoms with Crippen LogP contribution in [-0.2, 0) is 27.5 Å². The van der Waals surface area contributed by atoms with Crippen LogP contribution in [0.25, 0.3) is 6.08 Å². The number of methoxy groups -OCH3 is 1. The number of ether oxygens (including phenoxy) is 2. The van der Waals surface area contributed by atoms with Crippen LogP contribution in [0.4, 0.5) is 0 Å². The van der Waals surface area contributed by atoms with Crippen molar-refractivity contribution in [2.45, 2.75) is 20.1 Å². The molecule has 1 aliphatic heterocycles. The fraction of sp³-hybridized carbons (Fsp3) is 0.148. The van der Waals surface area contributed by atoms with Crippen molar-refractivity contribution in [1.82, 2.24) is 9.88 Å². The zero-order valence-corrected chi connectivity index (χ0v) is 18.5. The molecule has 33 heavy (non-hydrogen) atoms. The van der Waals surface area contributed by atoms with E-state index in [1.54, 1.807) is 30.3 Å². The van der Waals surface area contributed by atoms with Crippen LogP contribution < -0.4 is 4.74 Å². The van der Waals surface area contributed by atoms with Gasteiger partial charge in [0.25, 0.3) is 5.91 Å². The van der Waals surface area contributed by atoms with Gasteiger partial charge in [-0.25, -0.2) is 4.79 Å². The van der Waals surface area contributed by atoms with Gasteiger partial charge in [-0.2, -0.15) is 0 Å². The number of nitrogens with zero attached hydrogens (tertiary/aromatic N) is 2. The Labute approximate surface area is 192 Å². The summed E-state index contributed by atoms with van der Waals surface area (Å²) in [7, 11) is 1.31. The Morgan fingerprint density at radius 2 is 1.73 bits per heavy atom. The van der Waals surface area contributed by atoms with Gasteiger partial charge < -0.3 is 14.4 Å². The van der Waals surface area contributed by atoms with Gasteiger partial charge in [0.2, 0.25) is 0 Å². The lowest BCUT2D eigenvalue weighted by Gasteiger charge is -2.17. The Hall–Kier alpha value is -4.19. The summed E-state index contributed by atoms with van der Waals surface area (Å²) in [6.07, 6.45) is 5.07. The number of rotatable bonds is 7. The lowest BCUT2D eigenvalue weighted by molar-refractivity contribution is -0.136. The largest absolute Gasteiger partial charge is 0.488 e. The van der Waals surface area contributed by atoms with E-state index in [9.17, 15) is 9.59 Å². The molecule has 6 nitrogen and oxygen atoms in total. The molecular weight excluding hydrogens is 416 g/mol. The molecule has 0 spiro atoms. The van der Waals surface area contributed by atoms with Crippen molar-refractivity contribution in [2.24, 2.45) is 0 Å². The van der Waals surface area contributed by atoms with E-state index in [4.69, 9.17) is 9.47 Å². The molecule has 0 unspecified atom stereocenters. The smallest absolute Gasteiger partial charge is 0.340 e. The first-order valence-electron chi connectivity index (χ1n) is 10.6. The molecule has 1 aromatic heterocycles. The molecule has 2 heterocycles. The van der Waals surface area contributed by atoms with E-state index < -0.39 is 5.97 Å². The van der Waals surface area contributed by atoms with Crippen LogP contribution in [0, 0.1) is 0 Å². The first-order valence-corrected chi connectivity index (χ1v) is 10.6. The first kappa shape index (κ1) is 22.0. The van der Waals surface area contributed by atoms with Gasteiger partial charge >= 0.3 is 5.97 Å². The number of esters is 1. The van der Waals surface area contributed by atoms with E-state index in [0.717, 1.165) is 11.1 Å². The van der Waals surface area contributed by atoms with Crippen molar-refractivity contribution in [1.29, 1.82) is 0 Å². The molecule has 0 N–H and O–H groups in total. The van der Waals surface area contributed by atoms with Crippen molar-refractivity contribution in [3.8, 4) is 5.75 Å². The molecule has 0 saturated carbocycles. The highest BCUT2D eigenvalue weighted by Crippen LogP contribution is 2.34. The van der Waals surface area contributed by atoms with Crippen LogP contribution in [0.2, 0.25) is 0 Å². The van der Waals surface area contributed by atoms with Gasteiger partial charge in [0.15, 0.2) is 0 Å². The van der Waals surface area contributed by atoms with E-state index in [2.05, 4.69) is 4.98 Å². The maximum Gasteiger partial charge on any atom is 0.340 e. The average Bonchev–Trinajstić information content (AvgIpc) is 3.08. The van der Waals surface area contributed by atoms with Crippen LogP contribution in [0.15, 0.2) is 96.0 Å². The van der Waals surface area contributed by atoms with E-state index in [1.165, 1.54) is 7.11 Å². The summed E-state index contributed by atoms with van der Waals surface area (Å²) in [5.74, 6) is -0.202. The number of hydrogen-bond acceptors (Lipinski definition) is 5. The van der Waals surface area contributed by atoms with Crippen molar-refractivity contribution >= 4 is 18.0 Å². The van der Waals surface area contributed by atoms with Crippen LogP contribution in [0.3, 0.4) is 0 Å². The third-order valence-electron chi connectivity index (χ3n) is 5.42. The Bertz CT molecular complexity index is 1220. The minimum atomic E-state index is -0.552. The molecule has 6 heteroatoms. The van der Waals surface area contributed by atoms with Crippen LogP contribution in [0.1, 0.15) is 23.6 Å². The molecule has 0 atom stereocenters. The second-order valence-corrected chi connectivity index (χ2v) is 7.57. The first-order chi connectivity index (χ1) is 16.1. The minimum Gasteiger partial charge on any atom is -0.488 e. The maximum absolute atomic E-state index is 13.4. The fourth-order valence-corrected chi connectivity index (χ4v) is 3.71. The van der Waals surface area contributed by atoms with Gasteiger partial charge in [0.05, 0.1) is 24.8 Å². The van der Waals surface area contributed by atoms with Crippen LogP contribution >= 0.6 is 0 Å². The zero-order chi connectivity index (χ0) is 23.2. The molecule has 0 fully saturated rings. The number of allylic oxidation sites excluding steroid dienone is 1.